The third-order valence-electron chi connectivity index (χ3n) is 3.12. The molecule has 0 radical (unpaired) electrons. The molecule has 0 aromatic heterocycles. The minimum absolute atomic E-state index is 0.249. The number of amides is 1. The van der Waals surface area contributed by atoms with Crippen molar-refractivity contribution in [2.75, 3.05) is 45.9 Å². The summed E-state index contributed by atoms with van der Waals surface area (Å²) < 4.78 is 39.9. The van der Waals surface area contributed by atoms with Gasteiger partial charge in [0, 0.05) is 38.8 Å². The average molecular weight is 283 g/mol. The normalized spacial score (nSPS) is 19.5. The molecule has 1 saturated heterocycles. The lowest BCUT2D eigenvalue weighted by atomic mass is 10.2. The van der Waals surface area contributed by atoms with E-state index < -0.39 is 25.3 Å². The van der Waals surface area contributed by atoms with E-state index in [0.29, 0.717) is 32.7 Å². The molecule has 1 heterocycles. The summed E-state index contributed by atoms with van der Waals surface area (Å²) in [4.78, 5) is 15.3. The van der Waals surface area contributed by atoms with Crippen LogP contribution in [0.5, 0.6) is 0 Å². The van der Waals surface area contributed by atoms with Crippen LogP contribution in [0, 0.1) is 0 Å². The number of hydrogen-bond acceptors (Lipinski definition) is 4. The van der Waals surface area contributed by atoms with Gasteiger partial charge in [-0.05, 0) is 6.92 Å². The van der Waals surface area contributed by atoms with Gasteiger partial charge >= 0.3 is 6.18 Å². The van der Waals surface area contributed by atoms with E-state index in [9.17, 15) is 18.0 Å². The van der Waals surface area contributed by atoms with Gasteiger partial charge in [0.25, 0.3) is 0 Å². The van der Waals surface area contributed by atoms with Crippen molar-refractivity contribution in [3.8, 4) is 0 Å². The number of carbonyl (C=O) groups is 1. The highest BCUT2D eigenvalue weighted by Gasteiger charge is 2.29. The first kappa shape index (κ1) is 16.2. The summed E-state index contributed by atoms with van der Waals surface area (Å²) in [5, 5.41) is 0. The fourth-order valence-corrected chi connectivity index (χ4v) is 1.91. The number of rotatable bonds is 5. The highest BCUT2D eigenvalue weighted by atomic mass is 19.4. The number of carbonyl (C=O) groups excluding carboxylic acids is 1. The monoisotopic (exact) mass is 283 g/mol. The van der Waals surface area contributed by atoms with Crippen molar-refractivity contribution in [2.45, 2.75) is 19.1 Å². The molecule has 0 bridgehead atoms. The van der Waals surface area contributed by atoms with E-state index in [1.165, 1.54) is 4.90 Å². The van der Waals surface area contributed by atoms with Crippen LogP contribution >= 0.6 is 0 Å². The van der Waals surface area contributed by atoms with Crippen molar-refractivity contribution in [2.24, 2.45) is 5.73 Å². The van der Waals surface area contributed by atoms with E-state index in [0.717, 1.165) is 0 Å². The Labute approximate surface area is 110 Å². The second-order valence-corrected chi connectivity index (χ2v) is 4.61. The molecule has 2 N–H and O–H groups in total. The van der Waals surface area contributed by atoms with E-state index in [1.807, 2.05) is 6.92 Å². The SMILES string of the molecule is CC(CN)N1CCN(C(=O)COCC(F)(F)F)CC1. The molecule has 5 nitrogen and oxygen atoms in total. The van der Waals surface area contributed by atoms with Gasteiger partial charge in [0.15, 0.2) is 0 Å². The molecule has 8 heteroatoms. The number of ether oxygens (including phenoxy) is 1. The van der Waals surface area contributed by atoms with Crippen molar-refractivity contribution >= 4 is 5.91 Å². The van der Waals surface area contributed by atoms with Crippen molar-refractivity contribution in [1.29, 1.82) is 0 Å². The second-order valence-electron chi connectivity index (χ2n) is 4.61. The Morgan fingerprint density at radius 3 is 2.37 bits per heavy atom. The lowest BCUT2D eigenvalue weighted by Gasteiger charge is -2.37. The van der Waals surface area contributed by atoms with Gasteiger partial charge in [-0.1, -0.05) is 0 Å². The highest BCUT2D eigenvalue weighted by Crippen LogP contribution is 2.14. The van der Waals surface area contributed by atoms with Gasteiger partial charge in [0.2, 0.25) is 5.91 Å². The maximum atomic E-state index is 11.9. The Morgan fingerprint density at radius 2 is 1.89 bits per heavy atom. The molecule has 0 aromatic rings. The lowest BCUT2D eigenvalue weighted by molar-refractivity contribution is -0.178. The fourth-order valence-electron chi connectivity index (χ4n) is 1.91. The Bertz CT molecular complexity index is 291. The molecule has 1 amide bonds. The number of halogens is 3. The van der Waals surface area contributed by atoms with Crippen LogP contribution in [0.15, 0.2) is 0 Å². The lowest BCUT2D eigenvalue weighted by Crippen LogP contribution is -2.53. The van der Waals surface area contributed by atoms with Crippen LogP contribution in [0.3, 0.4) is 0 Å². The molecule has 1 rings (SSSR count). The van der Waals surface area contributed by atoms with Crippen LogP contribution in [0.4, 0.5) is 13.2 Å². The zero-order valence-corrected chi connectivity index (χ0v) is 10.9. The van der Waals surface area contributed by atoms with Crippen molar-refractivity contribution in [3.05, 3.63) is 0 Å². The summed E-state index contributed by atoms with van der Waals surface area (Å²) in [5.74, 6) is -0.399. The van der Waals surface area contributed by atoms with Crippen LogP contribution in [-0.4, -0.2) is 73.9 Å². The zero-order chi connectivity index (χ0) is 14.5. The molecule has 1 atom stereocenters. The third kappa shape index (κ3) is 5.75. The molecule has 0 spiro atoms. The van der Waals surface area contributed by atoms with Crippen LogP contribution < -0.4 is 5.73 Å². The van der Waals surface area contributed by atoms with E-state index in [1.54, 1.807) is 0 Å². The van der Waals surface area contributed by atoms with E-state index in [-0.39, 0.29) is 6.04 Å². The minimum Gasteiger partial charge on any atom is -0.362 e. The Hall–Kier alpha value is -0.860. The van der Waals surface area contributed by atoms with Gasteiger partial charge < -0.3 is 15.4 Å². The number of nitrogens with two attached hydrogens (primary N) is 1. The van der Waals surface area contributed by atoms with Gasteiger partial charge in [0.1, 0.15) is 13.2 Å². The van der Waals surface area contributed by atoms with E-state index in [2.05, 4.69) is 9.64 Å². The maximum absolute atomic E-state index is 11.9. The molecule has 1 aliphatic heterocycles. The number of hydrogen-bond donors (Lipinski definition) is 1. The van der Waals surface area contributed by atoms with Crippen LogP contribution in [0.1, 0.15) is 6.92 Å². The Morgan fingerprint density at radius 1 is 1.32 bits per heavy atom. The van der Waals surface area contributed by atoms with Crippen LogP contribution in [-0.2, 0) is 9.53 Å². The molecule has 112 valence electrons. The summed E-state index contributed by atoms with van der Waals surface area (Å²) in [6.07, 6.45) is -4.39. The molecule has 19 heavy (non-hydrogen) atoms. The zero-order valence-electron chi connectivity index (χ0n) is 10.9. The summed E-state index contributed by atoms with van der Waals surface area (Å²) in [5.41, 5.74) is 5.56. The van der Waals surface area contributed by atoms with Gasteiger partial charge in [-0.2, -0.15) is 13.2 Å². The van der Waals surface area contributed by atoms with E-state index >= 15 is 0 Å². The van der Waals surface area contributed by atoms with Crippen LogP contribution in [0.2, 0.25) is 0 Å². The summed E-state index contributed by atoms with van der Waals surface area (Å²) in [6, 6.07) is 0.249. The quantitative estimate of drug-likeness (QED) is 0.775. The predicted octanol–water partition coefficient (Wildman–Crippen LogP) is 0.0567. The molecule has 0 aromatic carbocycles. The third-order valence-corrected chi connectivity index (χ3v) is 3.12. The average Bonchev–Trinajstić information content (AvgIpc) is 2.36. The van der Waals surface area contributed by atoms with Crippen molar-refractivity contribution < 1.29 is 22.7 Å². The maximum Gasteiger partial charge on any atom is 0.411 e. The first-order valence-electron chi connectivity index (χ1n) is 6.20. The van der Waals surface area contributed by atoms with Crippen LogP contribution in [0.25, 0.3) is 0 Å². The fraction of sp³-hybridized carbons (Fsp3) is 0.909. The summed E-state index contributed by atoms with van der Waals surface area (Å²) in [7, 11) is 0. The first-order valence-corrected chi connectivity index (χ1v) is 6.20. The number of alkyl halides is 3. The molecule has 1 aliphatic rings. The van der Waals surface area contributed by atoms with Gasteiger partial charge in [-0.3, -0.25) is 9.69 Å². The molecule has 0 aliphatic carbocycles. The van der Waals surface area contributed by atoms with Gasteiger partial charge in [-0.15, -0.1) is 0 Å². The first-order chi connectivity index (χ1) is 8.83. The topological polar surface area (TPSA) is 58.8 Å². The Kier molecular flexibility index (Phi) is 6.02. The molecule has 0 saturated carbocycles. The van der Waals surface area contributed by atoms with Crippen molar-refractivity contribution in [3.63, 3.8) is 0 Å². The predicted molar refractivity (Wildman–Crippen MR) is 63.5 cm³/mol. The summed E-state index contributed by atoms with van der Waals surface area (Å²) in [6.45, 7) is 3.01. The van der Waals surface area contributed by atoms with Crippen molar-refractivity contribution in [1.82, 2.24) is 9.80 Å². The minimum atomic E-state index is -4.39. The molecular formula is C11H20F3N3O2. The Balaban J connectivity index is 2.25. The standard InChI is InChI=1S/C11H20F3N3O2/c1-9(6-15)16-2-4-17(5-3-16)10(18)7-19-8-11(12,13)14/h9H,2-8,15H2,1H3. The smallest absolute Gasteiger partial charge is 0.362 e. The molecule has 1 unspecified atom stereocenters. The molecule has 1 fully saturated rings. The largest absolute Gasteiger partial charge is 0.411 e. The number of nitrogens with zero attached hydrogens (tertiary/aromatic N) is 2. The second kappa shape index (κ2) is 7.06. The van der Waals surface area contributed by atoms with Gasteiger partial charge in [-0.25, -0.2) is 0 Å². The summed E-state index contributed by atoms with van der Waals surface area (Å²) >= 11 is 0. The van der Waals surface area contributed by atoms with Gasteiger partial charge in [0.05, 0.1) is 0 Å². The molecular weight excluding hydrogens is 263 g/mol. The number of piperazine rings is 1. The highest BCUT2D eigenvalue weighted by molar-refractivity contribution is 5.77. The van der Waals surface area contributed by atoms with E-state index in [4.69, 9.17) is 5.73 Å².